The number of nitrogens with zero attached hydrogens (tertiary/aromatic N) is 2. The molecule has 22 heavy (non-hydrogen) atoms. The molecule has 0 amide bonds. The van der Waals surface area contributed by atoms with E-state index in [1.165, 1.54) is 5.56 Å². The Bertz CT molecular complexity index is 698. The van der Waals surface area contributed by atoms with Gasteiger partial charge in [0.1, 0.15) is 0 Å². The average molecular weight is 374 g/mol. The second kappa shape index (κ2) is 6.58. The zero-order chi connectivity index (χ0) is 15.5. The molecule has 0 aliphatic carbocycles. The van der Waals surface area contributed by atoms with Gasteiger partial charge in [-0.25, -0.2) is 5.01 Å². The zero-order valence-electron chi connectivity index (χ0n) is 12.2. The molecule has 2 aromatic rings. The summed E-state index contributed by atoms with van der Waals surface area (Å²) in [6, 6.07) is 18.7. The molecule has 0 spiro atoms. The van der Waals surface area contributed by atoms with Gasteiger partial charge in [-0.3, -0.25) is 0 Å². The normalized spacial score (nSPS) is 17.3. The summed E-state index contributed by atoms with van der Waals surface area (Å²) in [5, 5.41) is 10.3. The van der Waals surface area contributed by atoms with Gasteiger partial charge < -0.3 is 5.32 Å². The van der Waals surface area contributed by atoms with Crippen molar-refractivity contribution in [2.75, 3.05) is 7.05 Å². The first-order chi connectivity index (χ1) is 10.7. The molecule has 1 aliphatic rings. The molecule has 1 N–H and O–H groups in total. The minimum atomic E-state index is 0.128. The van der Waals surface area contributed by atoms with Crippen LogP contribution in [-0.2, 0) is 0 Å². The summed E-state index contributed by atoms with van der Waals surface area (Å²) >= 11 is 8.90. The Balaban J connectivity index is 1.94. The van der Waals surface area contributed by atoms with Gasteiger partial charge >= 0.3 is 0 Å². The van der Waals surface area contributed by atoms with Crippen LogP contribution in [0.1, 0.15) is 23.6 Å². The van der Waals surface area contributed by atoms with Crippen LogP contribution < -0.4 is 5.32 Å². The second-order valence-corrected chi connectivity index (χ2v) is 6.39. The number of benzene rings is 2. The first-order valence-corrected chi connectivity index (χ1v) is 8.28. The third kappa shape index (κ3) is 3.05. The molecular formula is C17H16BrN3S. The highest BCUT2D eigenvalue weighted by molar-refractivity contribution is 9.10. The van der Waals surface area contributed by atoms with Crippen molar-refractivity contribution in [1.29, 1.82) is 0 Å². The van der Waals surface area contributed by atoms with Gasteiger partial charge in [-0.15, -0.1) is 0 Å². The fourth-order valence-electron chi connectivity index (χ4n) is 2.56. The monoisotopic (exact) mass is 373 g/mol. The summed E-state index contributed by atoms with van der Waals surface area (Å²) in [7, 11) is 1.83. The third-order valence-corrected chi connectivity index (χ3v) is 4.61. The Labute approximate surface area is 144 Å². The summed E-state index contributed by atoms with van der Waals surface area (Å²) in [5.74, 6) is 0. The summed E-state index contributed by atoms with van der Waals surface area (Å²) in [5.41, 5.74) is 3.41. The highest BCUT2D eigenvalue weighted by atomic mass is 79.9. The van der Waals surface area contributed by atoms with Crippen molar-refractivity contribution < 1.29 is 0 Å². The van der Waals surface area contributed by atoms with E-state index >= 15 is 0 Å². The van der Waals surface area contributed by atoms with Gasteiger partial charge in [0.2, 0.25) is 0 Å². The van der Waals surface area contributed by atoms with Crippen molar-refractivity contribution in [3.05, 3.63) is 70.2 Å². The van der Waals surface area contributed by atoms with Crippen LogP contribution in [0.3, 0.4) is 0 Å². The molecule has 3 nitrogen and oxygen atoms in total. The lowest BCUT2D eigenvalue weighted by Crippen LogP contribution is -2.34. The predicted octanol–water partition coefficient (Wildman–Crippen LogP) is 4.10. The van der Waals surface area contributed by atoms with Crippen molar-refractivity contribution in [3.63, 3.8) is 0 Å². The Morgan fingerprint density at radius 3 is 2.50 bits per heavy atom. The van der Waals surface area contributed by atoms with Crippen molar-refractivity contribution in [1.82, 2.24) is 10.3 Å². The third-order valence-electron chi connectivity index (χ3n) is 3.69. The van der Waals surface area contributed by atoms with Gasteiger partial charge in [-0.1, -0.05) is 58.4 Å². The second-order valence-electron chi connectivity index (χ2n) is 5.08. The van der Waals surface area contributed by atoms with Crippen LogP contribution in [0.15, 0.2) is 64.2 Å². The molecule has 0 fully saturated rings. The minimum Gasteiger partial charge on any atom is -0.364 e. The topological polar surface area (TPSA) is 27.6 Å². The van der Waals surface area contributed by atoms with E-state index in [2.05, 4.69) is 57.6 Å². The lowest BCUT2D eigenvalue weighted by Gasteiger charge is -2.23. The maximum Gasteiger partial charge on any atom is 0.189 e. The first-order valence-electron chi connectivity index (χ1n) is 7.08. The van der Waals surface area contributed by atoms with E-state index in [9.17, 15) is 0 Å². The Kier molecular flexibility index (Phi) is 4.55. The highest BCUT2D eigenvalue weighted by Crippen LogP contribution is 2.33. The molecule has 5 heteroatoms. The van der Waals surface area contributed by atoms with Crippen molar-refractivity contribution in [2.45, 2.75) is 12.5 Å². The van der Waals surface area contributed by atoms with E-state index < -0.39 is 0 Å². The Morgan fingerprint density at radius 2 is 1.86 bits per heavy atom. The number of nitrogens with one attached hydrogen (secondary N) is 1. The molecule has 0 saturated heterocycles. The highest BCUT2D eigenvalue weighted by Gasteiger charge is 2.30. The average Bonchev–Trinajstić information content (AvgIpc) is 3.01. The maximum atomic E-state index is 5.42. The Hall–Kier alpha value is -1.72. The van der Waals surface area contributed by atoms with Crippen LogP contribution in [0.4, 0.5) is 0 Å². The standard InChI is InChI=1S/C17H16BrN3S/c1-19-17(22)21-16(13-7-9-14(18)10-8-13)11-15(20-21)12-5-3-2-4-6-12/h2-10,16H,11H2,1H3,(H,19,22)/t16-/m0/s1. The number of thiocarbonyl (C=S) groups is 1. The number of hydrogen-bond donors (Lipinski definition) is 1. The molecule has 1 heterocycles. The predicted molar refractivity (Wildman–Crippen MR) is 98.0 cm³/mol. The van der Waals surface area contributed by atoms with Gasteiger partial charge in [-0.2, -0.15) is 5.10 Å². The fraction of sp³-hybridized carbons (Fsp3) is 0.176. The molecule has 0 bridgehead atoms. The molecule has 2 aromatic carbocycles. The number of halogens is 1. The van der Waals surface area contributed by atoms with Crippen LogP contribution in [-0.4, -0.2) is 22.9 Å². The molecule has 0 unspecified atom stereocenters. The molecule has 1 atom stereocenters. The largest absolute Gasteiger partial charge is 0.364 e. The van der Waals surface area contributed by atoms with E-state index in [0.717, 1.165) is 22.2 Å². The quantitative estimate of drug-likeness (QED) is 0.802. The SMILES string of the molecule is CNC(=S)N1N=C(c2ccccc2)C[C@H]1c1ccc(Br)cc1. The molecule has 1 aliphatic heterocycles. The van der Waals surface area contributed by atoms with Crippen LogP contribution in [0, 0.1) is 0 Å². The maximum absolute atomic E-state index is 5.42. The number of rotatable bonds is 2. The van der Waals surface area contributed by atoms with Gasteiger partial charge in [0.25, 0.3) is 0 Å². The summed E-state index contributed by atoms with van der Waals surface area (Å²) in [6.45, 7) is 0. The summed E-state index contributed by atoms with van der Waals surface area (Å²) < 4.78 is 1.07. The van der Waals surface area contributed by atoms with E-state index in [1.54, 1.807) is 0 Å². The molecule has 0 aromatic heterocycles. The molecule has 0 saturated carbocycles. The first kappa shape index (κ1) is 15.2. The molecule has 112 valence electrons. The molecular weight excluding hydrogens is 358 g/mol. The number of hydrazone groups is 1. The summed E-state index contributed by atoms with van der Waals surface area (Å²) in [6.07, 6.45) is 0.841. The molecule has 3 rings (SSSR count). The van der Waals surface area contributed by atoms with Crippen LogP contribution in [0.5, 0.6) is 0 Å². The van der Waals surface area contributed by atoms with Crippen LogP contribution >= 0.6 is 28.1 Å². The van der Waals surface area contributed by atoms with Gasteiger partial charge in [-0.05, 0) is 35.5 Å². The molecule has 0 radical (unpaired) electrons. The summed E-state index contributed by atoms with van der Waals surface area (Å²) in [4.78, 5) is 0. The van der Waals surface area contributed by atoms with Crippen LogP contribution in [0.2, 0.25) is 0 Å². The minimum absolute atomic E-state index is 0.128. The van der Waals surface area contributed by atoms with Crippen LogP contribution in [0.25, 0.3) is 0 Å². The van der Waals surface area contributed by atoms with Crippen molar-refractivity contribution in [2.24, 2.45) is 5.10 Å². The van der Waals surface area contributed by atoms with E-state index in [-0.39, 0.29) is 6.04 Å². The van der Waals surface area contributed by atoms with Crippen molar-refractivity contribution >= 4 is 39.0 Å². The van der Waals surface area contributed by atoms with E-state index in [0.29, 0.717) is 5.11 Å². The van der Waals surface area contributed by atoms with E-state index in [4.69, 9.17) is 17.3 Å². The zero-order valence-corrected chi connectivity index (χ0v) is 14.6. The van der Waals surface area contributed by atoms with Crippen molar-refractivity contribution in [3.8, 4) is 0 Å². The van der Waals surface area contributed by atoms with Gasteiger partial charge in [0.05, 0.1) is 11.8 Å². The fourth-order valence-corrected chi connectivity index (χ4v) is 2.99. The smallest absolute Gasteiger partial charge is 0.189 e. The van der Waals surface area contributed by atoms with Gasteiger partial charge in [0, 0.05) is 17.9 Å². The lowest BCUT2D eigenvalue weighted by atomic mass is 9.99. The Morgan fingerprint density at radius 1 is 1.18 bits per heavy atom. The lowest BCUT2D eigenvalue weighted by molar-refractivity contribution is 0.366. The van der Waals surface area contributed by atoms with Gasteiger partial charge in [0.15, 0.2) is 5.11 Å². The van der Waals surface area contributed by atoms with E-state index in [1.807, 2.05) is 30.3 Å². The number of hydrogen-bond acceptors (Lipinski definition) is 2.